The molecule has 0 aliphatic carbocycles. The predicted molar refractivity (Wildman–Crippen MR) is 128 cm³/mol. The van der Waals surface area contributed by atoms with Crippen LogP contribution in [-0.2, 0) is 10.6 Å². The number of halogens is 3. The van der Waals surface area contributed by atoms with Crippen molar-refractivity contribution >= 4 is 34.8 Å². The second-order valence-corrected chi connectivity index (χ2v) is 7.45. The summed E-state index contributed by atoms with van der Waals surface area (Å²) in [7, 11) is 3.05. The molecule has 1 aliphatic rings. The van der Waals surface area contributed by atoms with Gasteiger partial charge in [-0.15, -0.1) is 0 Å². The van der Waals surface area contributed by atoms with Crippen molar-refractivity contribution in [2.45, 2.75) is 25.9 Å². The Balaban J connectivity index is 0.000000479. The number of hydrogen-bond donors (Lipinski definition) is 4. The first-order valence-corrected chi connectivity index (χ1v) is 10.7. The highest BCUT2D eigenvalue weighted by atomic mass is 19.4. The summed E-state index contributed by atoms with van der Waals surface area (Å²) in [5.74, 6) is -3.24. The van der Waals surface area contributed by atoms with Crippen molar-refractivity contribution in [2.24, 2.45) is 4.99 Å². The number of carboxylic acid groups (broad SMARTS) is 1. The average molecular weight is 523 g/mol. The number of ether oxygens (including phenoxy) is 3. The summed E-state index contributed by atoms with van der Waals surface area (Å²) in [6.45, 7) is 4.09. The molecule has 0 bridgehead atoms. The maximum atomic E-state index is 11.6. The van der Waals surface area contributed by atoms with Gasteiger partial charge in [0.05, 0.1) is 44.1 Å². The number of anilines is 2. The van der Waals surface area contributed by atoms with Crippen molar-refractivity contribution in [3.05, 3.63) is 41.6 Å². The number of aliphatic carboxylic acids is 1. The minimum atomic E-state index is -5.08. The summed E-state index contributed by atoms with van der Waals surface area (Å²) in [5, 5.41) is 25.6. The molecule has 0 fully saturated rings. The lowest BCUT2D eigenvalue weighted by atomic mass is 10.0. The number of para-hydroxylation sites is 1. The van der Waals surface area contributed by atoms with Crippen LogP contribution in [0.3, 0.4) is 0 Å². The van der Waals surface area contributed by atoms with E-state index in [1.54, 1.807) is 6.07 Å². The van der Waals surface area contributed by atoms with Gasteiger partial charge in [0.1, 0.15) is 11.3 Å². The molecular weight excluding hydrogens is 499 g/mol. The lowest BCUT2D eigenvalue weighted by molar-refractivity contribution is -0.192. The highest BCUT2D eigenvalue weighted by Crippen LogP contribution is 2.49. The molecule has 14 heteroatoms. The molecule has 0 radical (unpaired) electrons. The van der Waals surface area contributed by atoms with Crippen molar-refractivity contribution in [2.75, 3.05) is 31.5 Å². The average Bonchev–Trinajstić information content (AvgIpc) is 2.84. The molecular formula is C23H24F3N5O6. The molecule has 0 saturated carbocycles. The van der Waals surface area contributed by atoms with Gasteiger partial charge < -0.3 is 35.1 Å². The van der Waals surface area contributed by atoms with Gasteiger partial charge in [0, 0.05) is 11.5 Å². The number of aliphatic imine (C=N–C) groups is 1. The van der Waals surface area contributed by atoms with Crippen LogP contribution in [0.1, 0.15) is 18.2 Å². The second-order valence-electron chi connectivity index (χ2n) is 7.45. The van der Waals surface area contributed by atoms with Gasteiger partial charge >= 0.3 is 12.1 Å². The number of fused-ring (bicyclic) bond motifs is 2. The molecule has 1 aromatic heterocycles. The molecule has 1 aliphatic heterocycles. The van der Waals surface area contributed by atoms with Gasteiger partial charge in [0.15, 0.2) is 11.5 Å². The van der Waals surface area contributed by atoms with Crippen molar-refractivity contribution in [3.8, 4) is 17.2 Å². The number of alkyl halides is 3. The van der Waals surface area contributed by atoms with Gasteiger partial charge in [-0.2, -0.15) is 13.2 Å². The SMILES string of the molecule is CCOc1c(OC)cc(OC)c2c1C(O)(Nc1nc(C)c3ccccc3n1)N=CN2.O=C(O)C(F)(F)F. The minimum Gasteiger partial charge on any atom is -0.494 e. The lowest BCUT2D eigenvalue weighted by Crippen LogP contribution is -2.38. The van der Waals surface area contributed by atoms with Gasteiger partial charge in [-0.1, -0.05) is 18.2 Å². The van der Waals surface area contributed by atoms with Crippen LogP contribution in [0.15, 0.2) is 35.3 Å². The predicted octanol–water partition coefficient (Wildman–Crippen LogP) is 3.66. The highest BCUT2D eigenvalue weighted by Gasteiger charge is 2.41. The third-order valence-electron chi connectivity index (χ3n) is 5.07. The molecule has 2 aromatic carbocycles. The van der Waals surface area contributed by atoms with Crippen LogP contribution >= 0.6 is 0 Å². The van der Waals surface area contributed by atoms with E-state index in [2.05, 4.69) is 25.6 Å². The van der Waals surface area contributed by atoms with Crippen molar-refractivity contribution in [1.29, 1.82) is 0 Å². The number of aliphatic hydroxyl groups is 1. The number of methoxy groups -OCH3 is 2. The maximum Gasteiger partial charge on any atom is 0.490 e. The summed E-state index contributed by atoms with van der Waals surface area (Å²) in [5.41, 5.74) is 2.35. The van der Waals surface area contributed by atoms with Gasteiger partial charge in [-0.25, -0.2) is 19.8 Å². The molecule has 37 heavy (non-hydrogen) atoms. The fourth-order valence-corrected chi connectivity index (χ4v) is 3.49. The van der Waals surface area contributed by atoms with Crippen LogP contribution in [0.4, 0.5) is 24.8 Å². The Morgan fingerprint density at radius 2 is 1.81 bits per heavy atom. The Hall–Kier alpha value is -4.33. The fraction of sp³-hybridized carbons (Fsp3) is 0.304. The molecule has 4 rings (SSSR count). The number of nitrogens with zero attached hydrogens (tertiary/aromatic N) is 3. The molecule has 1 unspecified atom stereocenters. The molecule has 4 N–H and O–H groups in total. The number of aryl methyl sites for hydroxylation is 1. The summed E-state index contributed by atoms with van der Waals surface area (Å²) in [4.78, 5) is 22.2. The van der Waals surface area contributed by atoms with Crippen LogP contribution in [0.2, 0.25) is 0 Å². The third-order valence-corrected chi connectivity index (χ3v) is 5.07. The van der Waals surface area contributed by atoms with Crippen LogP contribution in [0.25, 0.3) is 10.9 Å². The Morgan fingerprint density at radius 3 is 2.41 bits per heavy atom. The van der Waals surface area contributed by atoms with E-state index in [-0.39, 0.29) is 5.95 Å². The zero-order valence-electron chi connectivity index (χ0n) is 20.2. The van der Waals surface area contributed by atoms with E-state index < -0.39 is 18.0 Å². The Labute approximate surface area is 208 Å². The first-order chi connectivity index (χ1) is 17.4. The molecule has 2 heterocycles. The molecule has 11 nitrogen and oxygen atoms in total. The topological polar surface area (TPSA) is 147 Å². The lowest BCUT2D eigenvalue weighted by Gasteiger charge is -2.33. The highest BCUT2D eigenvalue weighted by molar-refractivity contribution is 5.88. The number of carboxylic acids is 1. The minimum absolute atomic E-state index is 0.225. The van der Waals surface area contributed by atoms with E-state index >= 15 is 0 Å². The normalized spacial score (nSPS) is 16.1. The first-order valence-electron chi connectivity index (χ1n) is 10.7. The van der Waals surface area contributed by atoms with Crippen molar-refractivity contribution in [1.82, 2.24) is 9.97 Å². The molecule has 0 spiro atoms. The number of benzene rings is 2. The van der Waals surface area contributed by atoms with E-state index in [1.165, 1.54) is 20.6 Å². The summed E-state index contributed by atoms with van der Waals surface area (Å²) >= 11 is 0. The van der Waals surface area contributed by atoms with Gasteiger partial charge in [0.2, 0.25) is 5.95 Å². The van der Waals surface area contributed by atoms with Crippen LogP contribution in [0, 0.1) is 6.92 Å². The van der Waals surface area contributed by atoms with E-state index in [0.29, 0.717) is 35.1 Å². The number of carbonyl (C=O) groups is 1. The number of nitrogens with one attached hydrogen (secondary N) is 2. The van der Waals surface area contributed by atoms with Crippen molar-refractivity contribution in [3.63, 3.8) is 0 Å². The van der Waals surface area contributed by atoms with Crippen LogP contribution < -0.4 is 24.8 Å². The molecule has 1 atom stereocenters. The molecule has 0 amide bonds. The van der Waals surface area contributed by atoms with Gasteiger partial charge in [-0.3, -0.25) is 0 Å². The maximum absolute atomic E-state index is 11.6. The quantitative estimate of drug-likeness (QED) is 0.353. The molecule has 3 aromatic rings. The monoisotopic (exact) mass is 523 g/mol. The van der Waals surface area contributed by atoms with E-state index in [4.69, 9.17) is 24.1 Å². The zero-order valence-corrected chi connectivity index (χ0v) is 20.2. The number of aromatic nitrogens is 2. The van der Waals surface area contributed by atoms with E-state index in [1.807, 2.05) is 38.1 Å². The summed E-state index contributed by atoms with van der Waals surface area (Å²) in [6.07, 6.45) is -3.70. The largest absolute Gasteiger partial charge is 0.494 e. The smallest absolute Gasteiger partial charge is 0.490 e. The summed E-state index contributed by atoms with van der Waals surface area (Å²) in [6, 6.07) is 9.35. The van der Waals surface area contributed by atoms with Crippen molar-refractivity contribution < 1.29 is 42.4 Å². The van der Waals surface area contributed by atoms with Gasteiger partial charge in [0.25, 0.3) is 5.85 Å². The molecule has 0 saturated heterocycles. The standard InChI is InChI=1S/C21H23N5O4.C2HF3O2/c1-5-30-19-16(29-4)10-15(28-3)18-17(19)21(27,23-11-22-18)26-20-24-12(2)13-8-6-7-9-14(13)25-20;3-2(4,5)1(6)7/h6-11,27H,5H2,1-4H3,(H,22,23)(H,24,25,26);(H,6,7). The zero-order chi connectivity index (χ0) is 27.4. The van der Waals surface area contributed by atoms with Crippen LogP contribution in [-0.4, -0.2) is 59.5 Å². The van der Waals surface area contributed by atoms with Gasteiger partial charge in [-0.05, 0) is 19.9 Å². The van der Waals surface area contributed by atoms with E-state index in [0.717, 1.165) is 16.6 Å². The second kappa shape index (κ2) is 10.7. The number of rotatable bonds is 6. The van der Waals surface area contributed by atoms with Crippen LogP contribution in [0.5, 0.6) is 17.2 Å². The third kappa shape index (κ3) is 5.74. The first kappa shape index (κ1) is 27.3. The Bertz CT molecular complexity index is 1330. The Morgan fingerprint density at radius 1 is 1.16 bits per heavy atom. The van der Waals surface area contributed by atoms with E-state index in [9.17, 15) is 18.3 Å². The Kier molecular flexibility index (Phi) is 7.91. The fourth-order valence-electron chi connectivity index (χ4n) is 3.49. The molecule has 198 valence electrons. The summed E-state index contributed by atoms with van der Waals surface area (Å²) < 4.78 is 48.5. The number of hydrogen-bond acceptors (Lipinski definition) is 10.